The van der Waals surface area contributed by atoms with E-state index in [4.69, 9.17) is 37.4 Å². The molecule has 0 aliphatic heterocycles. The molecule has 1 rings (SSSR count). The lowest BCUT2D eigenvalue weighted by Crippen LogP contribution is -2.44. The number of ether oxygens (including phenoxy) is 3. The zero-order valence-corrected chi connectivity index (χ0v) is 21.4. The van der Waals surface area contributed by atoms with Gasteiger partial charge in [0.15, 0.2) is 0 Å². The maximum Gasteiger partial charge on any atom is 0.408 e. The Bertz CT molecular complexity index is 696. The highest BCUT2D eigenvalue weighted by molar-refractivity contribution is 6.18. The van der Waals surface area contributed by atoms with E-state index in [0.29, 0.717) is 30.6 Å². The van der Waals surface area contributed by atoms with Crippen LogP contribution in [0.25, 0.3) is 0 Å². The highest BCUT2D eigenvalue weighted by atomic mass is 35.5. The third-order valence-corrected chi connectivity index (χ3v) is 4.23. The lowest BCUT2D eigenvalue weighted by atomic mass is 10.1. The molecule has 0 radical (unpaired) electrons. The Morgan fingerprint density at radius 1 is 1.00 bits per heavy atom. The van der Waals surface area contributed by atoms with Gasteiger partial charge in [0, 0.05) is 36.6 Å². The molecule has 1 amide bonds. The van der Waals surface area contributed by atoms with Crippen LogP contribution in [0, 0.1) is 0 Å². The van der Waals surface area contributed by atoms with Gasteiger partial charge in [0.25, 0.3) is 0 Å². The average Bonchev–Trinajstić information content (AvgIpc) is 2.63. The standard InChI is InChI=1S/C23H36Cl2N2O5/c1-22(2,3)31-20(28)14-17(26-21(29)32-23(4,5)6)16-30-19-9-7-8-18(15-19)27(12-10-24)13-11-25/h7-9,15,17H,10-14,16H2,1-6H3,(H,26,29). The van der Waals surface area contributed by atoms with Crippen LogP contribution in [-0.2, 0) is 14.3 Å². The molecule has 0 aromatic heterocycles. The molecule has 0 saturated heterocycles. The number of esters is 1. The van der Waals surface area contributed by atoms with Gasteiger partial charge in [0.2, 0.25) is 0 Å². The zero-order valence-electron chi connectivity index (χ0n) is 19.9. The molecule has 182 valence electrons. The molecule has 0 spiro atoms. The highest BCUT2D eigenvalue weighted by Gasteiger charge is 2.25. The topological polar surface area (TPSA) is 77.1 Å². The minimum absolute atomic E-state index is 0.0547. The van der Waals surface area contributed by atoms with Crippen LogP contribution >= 0.6 is 23.2 Å². The van der Waals surface area contributed by atoms with Crippen molar-refractivity contribution in [3.63, 3.8) is 0 Å². The minimum Gasteiger partial charge on any atom is -0.491 e. The molecule has 7 nitrogen and oxygen atoms in total. The van der Waals surface area contributed by atoms with Crippen molar-refractivity contribution < 1.29 is 23.8 Å². The Balaban J connectivity index is 2.89. The van der Waals surface area contributed by atoms with Crippen molar-refractivity contribution in [2.24, 2.45) is 0 Å². The molecule has 0 aliphatic rings. The van der Waals surface area contributed by atoms with Crippen LogP contribution in [0.2, 0.25) is 0 Å². The molecule has 1 aromatic carbocycles. The lowest BCUT2D eigenvalue weighted by Gasteiger charge is -2.26. The second-order valence-electron chi connectivity index (χ2n) is 9.31. The monoisotopic (exact) mass is 490 g/mol. The van der Waals surface area contributed by atoms with Gasteiger partial charge in [0.05, 0.1) is 12.5 Å². The number of rotatable bonds is 11. The average molecular weight is 491 g/mol. The molecule has 0 saturated carbocycles. The number of hydrogen-bond donors (Lipinski definition) is 1. The van der Waals surface area contributed by atoms with Crippen molar-refractivity contribution >= 4 is 41.0 Å². The molecule has 1 atom stereocenters. The first-order chi connectivity index (χ1) is 14.8. The van der Waals surface area contributed by atoms with E-state index < -0.39 is 29.3 Å². The van der Waals surface area contributed by atoms with Crippen molar-refractivity contribution in [2.45, 2.75) is 65.2 Å². The summed E-state index contributed by atoms with van der Waals surface area (Å²) in [6, 6.07) is 6.86. The van der Waals surface area contributed by atoms with Crippen LogP contribution in [0.4, 0.5) is 10.5 Å². The van der Waals surface area contributed by atoms with Gasteiger partial charge in [0.1, 0.15) is 23.6 Å². The first-order valence-corrected chi connectivity index (χ1v) is 11.7. The SMILES string of the molecule is CC(C)(C)OC(=O)CC(COc1cccc(N(CCCl)CCCl)c1)NC(=O)OC(C)(C)C. The van der Waals surface area contributed by atoms with Crippen molar-refractivity contribution in [1.82, 2.24) is 5.32 Å². The van der Waals surface area contributed by atoms with Gasteiger partial charge in [-0.2, -0.15) is 0 Å². The summed E-state index contributed by atoms with van der Waals surface area (Å²) < 4.78 is 16.6. The first kappa shape index (κ1) is 28.2. The number of nitrogens with zero attached hydrogens (tertiary/aromatic N) is 1. The summed E-state index contributed by atoms with van der Waals surface area (Å²) in [6.07, 6.45) is -0.681. The van der Waals surface area contributed by atoms with E-state index in [2.05, 4.69) is 10.2 Å². The predicted molar refractivity (Wildman–Crippen MR) is 129 cm³/mol. The van der Waals surface area contributed by atoms with Gasteiger partial charge in [-0.3, -0.25) is 4.79 Å². The molecule has 0 bridgehead atoms. The molecule has 0 fully saturated rings. The molecule has 0 heterocycles. The number of anilines is 1. The van der Waals surface area contributed by atoms with Crippen molar-refractivity contribution in [3.8, 4) is 5.75 Å². The number of alkyl halides is 2. The minimum atomic E-state index is -0.663. The Morgan fingerprint density at radius 3 is 2.12 bits per heavy atom. The van der Waals surface area contributed by atoms with Gasteiger partial charge in [-0.15, -0.1) is 23.2 Å². The van der Waals surface area contributed by atoms with Crippen molar-refractivity contribution in [3.05, 3.63) is 24.3 Å². The van der Waals surface area contributed by atoms with Crippen LogP contribution in [0.1, 0.15) is 48.0 Å². The van der Waals surface area contributed by atoms with Gasteiger partial charge < -0.3 is 24.4 Å². The van der Waals surface area contributed by atoms with E-state index in [1.54, 1.807) is 47.6 Å². The van der Waals surface area contributed by atoms with Crippen LogP contribution in [-0.4, -0.2) is 60.8 Å². The molecule has 9 heteroatoms. The van der Waals surface area contributed by atoms with E-state index >= 15 is 0 Å². The Morgan fingerprint density at radius 2 is 1.59 bits per heavy atom. The van der Waals surface area contributed by atoms with Crippen LogP contribution in [0.3, 0.4) is 0 Å². The van der Waals surface area contributed by atoms with E-state index in [1.165, 1.54) is 0 Å². The molecule has 32 heavy (non-hydrogen) atoms. The molecule has 0 aliphatic carbocycles. The van der Waals surface area contributed by atoms with Gasteiger partial charge >= 0.3 is 12.1 Å². The van der Waals surface area contributed by atoms with E-state index in [0.717, 1.165) is 5.69 Å². The Labute approximate surface area is 201 Å². The fourth-order valence-corrected chi connectivity index (χ4v) is 3.16. The first-order valence-electron chi connectivity index (χ1n) is 10.6. The summed E-state index contributed by atoms with van der Waals surface area (Å²) in [4.78, 5) is 26.7. The lowest BCUT2D eigenvalue weighted by molar-refractivity contribution is -0.155. The molecule has 1 aromatic rings. The fraction of sp³-hybridized carbons (Fsp3) is 0.652. The number of hydrogen-bond acceptors (Lipinski definition) is 6. The van der Waals surface area contributed by atoms with E-state index in [9.17, 15) is 9.59 Å². The second kappa shape index (κ2) is 13.0. The molecule has 1 unspecified atom stereocenters. The summed E-state index contributed by atoms with van der Waals surface area (Å²) in [5.74, 6) is 1.10. The summed E-state index contributed by atoms with van der Waals surface area (Å²) >= 11 is 11.8. The number of halogens is 2. The molecular weight excluding hydrogens is 455 g/mol. The molecule has 1 N–H and O–H groups in total. The third kappa shape index (κ3) is 12.2. The maximum atomic E-state index is 12.3. The van der Waals surface area contributed by atoms with Crippen LogP contribution < -0.4 is 15.0 Å². The number of alkyl carbamates (subject to hydrolysis) is 1. The summed E-state index contributed by atoms with van der Waals surface area (Å²) in [6.45, 7) is 12.0. The number of benzene rings is 1. The summed E-state index contributed by atoms with van der Waals surface area (Å²) in [5.41, 5.74) is -0.367. The van der Waals surface area contributed by atoms with Crippen molar-refractivity contribution in [2.75, 3.05) is 36.4 Å². The number of amides is 1. The molecular formula is C23H36Cl2N2O5. The van der Waals surface area contributed by atoms with E-state index in [1.807, 2.05) is 18.2 Å². The van der Waals surface area contributed by atoms with E-state index in [-0.39, 0.29) is 13.0 Å². The van der Waals surface area contributed by atoms with Crippen LogP contribution in [0.15, 0.2) is 24.3 Å². The quantitative estimate of drug-likeness (QED) is 0.348. The van der Waals surface area contributed by atoms with Gasteiger partial charge in [-0.1, -0.05) is 6.07 Å². The summed E-state index contributed by atoms with van der Waals surface area (Å²) in [7, 11) is 0. The largest absolute Gasteiger partial charge is 0.491 e. The van der Waals surface area contributed by atoms with Crippen LogP contribution in [0.5, 0.6) is 5.75 Å². The normalized spacial score (nSPS) is 12.6. The second-order valence-corrected chi connectivity index (χ2v) is 10.1. The van der Waals surface area contributed by atoms with Gasteiger partial charge in [-0.05, 0) is 53.7 Å². The Kier molecular flexibility index (Phi) is 11.4. The maximum absolute atomic E-state index is 12.3. The fourth-order valence-electron chi connectivity index (χ4n) is 2.75. The third-order valence-electron chi connectivity index (χ3n) is 3.90. The summed E-state index contributed by atoms with van der Waals surface area (Å²) in [5, 5.41) is 2.71. The Hall–Kier alpha value is -1.86. The predicted octanol–water partition coefficient (Wildman–Crippen LogP) is 4.97. The highest BCUT2D eigenvalue weighted by Crippen LogP contribution is 2.22. The van der Waals surface area contributed by atoms with Gasteiger partial charge in [-0.25, -0.2) is 4.79 Å². The number of nitrogens with one attached hydrogen (secondary N) is 1. The number of carbonyl (C=O) groups is 2. The number of carbonyl (C=O) groups excluding carboxylic acids is 2. The van der Waals surface area contributed by atoms with Crippen molar-refractivity contribution in [1.29, 1.82) is 0 Å². The smallest absolute Gasteiger partial charge is 0.408 e. The zero-order chi connectivity index (χ0) is 24.4.